The molecule has 1 saturated carbocycles. The molecule has 18 heavy (non-hydrogen) atoms. The molecule has 0 atom stereocenters. The van der Waals surface area contributed by atoms with Gasteiger partial charge < -0.3 is 15.8 Å². The van der Waals surface area contributed by atoms with Crippen molar-refractivity contribution in [2.45, 2.75) is 32.1 Å². The number of benzene rings is 1. The van der Waals surface area contributed by atoms with Crippen molar-refractivity contribution in [1.82, 2.24) is 0 Å². The molecule has 1 fully saturated rings. The van der Waals surface area contributed by atoms with E-state index in [-0.39, 0.29) is 5.82 Å². The van der Waals surface area contributed by atoms with Crippen molar-refractivity contribution in [2.75, 3.05) is 24.7 Å². The number of nitrogens with one attached hydrogen (secondary N) is 1. The van der Waals surface area contributed by atoms with Crippen LogP contribution in [0, 0.1) is 11.7 Å². The van der Waals surface area contributed by atoms with Gasteiger partial charge in [0.2, 0.25) is 0 Å². The third kappa shape index (κ3) is 3.06. The van der Waals surface area contributed by atoms with Gasteiger partial charge in [-0.3, -0.25) is 0 Å². The number of ether oxygens (including phenoxy) is 1. The van der Waals surface area contributed by atoms with E-state index in [0.29, 0.717) is 17.1 Å². The molecule has 0 radical (unpaired) electrons. The summed E-state index contributed by atoms with van der Waals surface area (Å²) in [6.45, 7) is 0.800. The zero-order valence-corrected chi connectivity index (χ0v) is 10.8. The highest BCUT2D eigenvalue weighted by molar-refractivity contribution is 5.62. The Balaban J connectivity index is 1.91. The Morgan fingerprint density at radius 1 is 1.39 bits per heavy atom. The molecule has 2 rings (SSSR count). The Morgan fingerprint density at radius 2 is 2.11 bits per heavy atom. The lowest BCUT2D eigenvalue weighted by atomic mass is 10.0. The van der Waals surface area contributed by atoms with Gasteiger partial charge >= 0.3 is 0 Å². The number of nitrogen functional groups attached to an aromatic ring is 1. The van der Waals surface area contributed by atoms with Crippen LogP contribution in [0.3, 0.4) is 0 Å². The summed E-state index contributed by atoms with van der Waals surface area (Å²) in [5.41, 5.74) is 6.44. The molecule has 0 saturated heterocycles. The number of nitrogens with two attached hydrogens (primary N) is 1. The lowest BCUT2D eigenvalue weighted by Gasteiger charge is -2.13. The summed E-state index contributed by atoms with van der Waals surface area (Å²) >= 11 is 0. The molecular formula is C14H21FN2O. The fourth-order valence-corrected chi connectivity index (χ4v) is 2.59. The number of hydrogen-bond donors (Lipinski definition) is 2. The highest BCUT2D eigenvalue weighted by atomic mass is 19.1. The Morgan fingerprint density at radius 3 is 2.78 bits per heavy atom. The molecule has 100 valence electrons. The molecule has 3 nitrogen and oxygen atoms in total. The monoisotopic (exact) mass is 252 g/mol. The maximum atomic E-state index is 13.7. The summed E-state index contributed by atoms with van der Waals surface area (Å²) in [7, 11) is 1.53. The highest BCUT2D eigenvalue weighted by Gasteiger charge is 2.15. The zero-order valence-electron chi connectivity index (χ0n) is 10.8. The normalized spacial score (nSPS) is 15.9. The zero-order chi connectivity index (χ0) is 13.0. The summed E-state index contributed by atoms with van der Waals surface area (Å²) < 4.78 is 18.8. The molecule has 0 spiro atoms. The Bertz CT molecular complexity index is 403. The van der Waals surface area contributed by atoms with Crippen molar-refractivity contribution < 1.29 is 9.13 Å². The number of methoxy groups -OCH3 is 1. The molecule has 1 aromatic carbocycles. The van der Waals surface area contributed by atoms with Gasteiger partial charge in [0.25, 0.3) is 0 Å². The summed E-state index contributed by atoms with van der Waals surface area (Å²) in [6, 6.07) is 2.93. The third-order valence-corrected chi connectivity index (χ3v) is 3.66. The maximum Gasteiger partial charge on any atom is 0.148 e. The van der Waals surface area contributed by atoms with Crippen molar-refractivity contribution in [3.63, 3.8) is 0 Å². The second kappa shape index (κ2) is 5.94. The number of hydrogen-bond acceptors (Lipinski definition) is 3. The molecule has 3 N–H and O–H groups in total. The minimum absolute atomic E-state index is 0.320. The van der Waals surface area contributed by atoms with Crippen LogP contribution in [-0.2, 0) is 0 Å². The van der Waals surface area contributed by atoms with Gasteiger partial charge in [0.1, 0.15) is 11.6 Å². The molecule has 0 unspecified atom stereocenters. The van der Waals surface area contributed by atoms with E-state index in [4.69, 9.17) is 10.5 Å². The average molecular weight is 252 g/mol. The second-order valence-corrected chi connectivity index (χ2v) is 4.94. The van der Waals surface area contributed by atoms with E-state index in [9.17, 15) is 4.39 Å². The van der Waals surface area contributed by atoms with Crippen LogP contribution >= 0.6 is 0 Å². The van der Waals surface area contributed by atoms with Crippen LogP contribution in [0.4, 0.5) is 15.8 Å². The van der Waals surface area contributed by atoms with E-state index in [1.54, 1.807) is 6.07 Å². The molecule has 1 aliphatic carbocycles. The van der Waals surface area contributed by atoms with E-state index in [1.165, 1.54) is 38.9 Å². The number of halogens is 1. The van der Waals surface area contributed by atoms with Crippen LogP contribution in [0.1, 0.15) is 32.1 Å². The van der Waals surface area contributed by atoms with Gasteiger partial charge in [-0.15, -0.1) is 0 Å². The fraction of sp³-hybridized carbons (Fsp3) is 0.571. The SMILES string of the molecule is COc1cc(NCCC2CCCC2)c(F)cc1N. The Labute approximate surface area is 108 Å². The molecule has 0 amide bonds. The van der Waals surface area contributed by atoms with Crippen LogP contribution in [0.5, 0.6) is 5.75 Å². The molecule has 1 aromatic rings. The van der Waals surface area contributed by atoms with Gasteiger partial charge in [0.05, 0.1) is 18.5 Å². The summed E-state index contributed by atoms with van der Waals surface area (Å²) in [5, 5.41) is 3.13. The largest absolute Gasteiger partial charge is 0.495 e. The molecule has 0 aliphatic heterocycles. The molecule has 1 aliphatic rings. The standard InChI is InChI=1S/C14H21FN2O/c1-18-14-9-13(11(15)8-12(14)16)17-7-6-10-4-2-3-5-10/h8-10,17H,2-7,16H2,1H3. The minimum atomic E-state index is -0.320. The maximum absolute atomic E-state index is 13.7. The van der Waals surface area contributed by atoms with Crippen molar-refractivity contribution in [3.8, 4) is 5.75 Å². The number of rotatable bonds is 5. The lowest BCUT2D eigenvalue weighted by molar-refractivity contribution is 0.416. The van der Waals surface area contributed by atoms with E-state index in [0.717, 1.165) is 18.9 Å². The Kier molecular flexibility index (Phi) is 4.28. The highest BCUT2D eigenvalue weighted by Crippen LogP contribution is 2.30. The van der Waals surface area contributed by atoms with Crippen LogP contribution < -0.4 is 15.8 Å². The van der Waals surface area contributed by atoms with Crippen LogP contribution in [-0.4, -0.2) is 13.7 Å². The van der Waals surface area contributed by atoms with Gasteiger partial charge in [0, 0.05) is 18.7 Å². The Hall–Kier alpha value is -1.45. The van der Waals surface area contributed by atoms with Crippen molar-refractivity contribution >= 4 is 11.4 Å². The van der Waals surface area contributed by atoms with E-state index in [2.05, 4.69) is 5.32 Å². The summed E-state index contributed by atoms with van der Waals surface area (Å²) in [6.07, 6.45) is 6.42. The van der Waals surface area contributed by atoms with Crippen LogP contribution in [0.2, 0.25) is 0 Å². The second-order valence-electron chi connectivity index (χ2n) is 4.94. The predicted molar refractivity (Wildman–Crippen MR) is 72.4 cm³/mol. The van der Waals surface area contributed by atoms with Crippen LogP contribution in [0.25, 0.3) is 0 Å². The van der Waals surface area contributed by atoms with Crippen LogP contribution in [0.15, 0.2) is 12.1 Å². The van der Waals surface area contributed by atoms with Gasteiger partial charge in [0.15, 0.2) is 0 Å². The average Bonchev–Trinajstić information content (AvgIpc) is 2.85. The summed E-state index contributed by atoms with van der Waals surface area (Å²) in [4.78, 5) is 0. The van der Waals surface area contributed by atoms with Gasteiger partial charge in [-0.05, 0) is 12.3 Å². The predicted octanol–water partition coefficient (Wildman–Crippen LogP) is 3.41. The van der Waals surface area contributed by atoms with E-state index < -0.39 is 0 Å². The first-order valence-electron chi connectivity index (χ1n) is 6.57. The molecule has 0 bridgehead atoms. The minimum Gasteiger partial charge on any atom is -0.495 e. The first-order valence-corrected chi connectivity index (χ1v) is 6.57. The topological polar surface area (TPSA) is 47.3 Å². The molecular weight excluding hydrogens is 231 g/mol. The fourth-order valence-electron chi connectivity index (χ4n) is 2.59. The first-order chi connectivity index (χ1) is 8.70. The van der Waals surface area contributed by atoms with Gasteiger partial charge in [-0.1, -0.05) is 25.7 Å². The smallest absolute Gasteiger partial charge is 0.148 e. The third-order valence-electron chi connectivity index (χ3n) is 3.66. The van der Waals surface area contributed by atoms with Crippen molar-refractivity contribution in [3.05, 3.63) is 17.9 Å². The molecule has 0 aromatic heterocycles. The van der Waals surface area contributed by atoms with Gasteiger partial charge in [-0.25, -0.2) is 4.39 Å². The number of anilines is 2. The van der Waals surface area contributed by atoms with Gasteiger partial charge in [-0.2, -0.15) is 0 Å². The first kappa shape index (κ1) is 13.0. The molecule has 4 heteroatoms. The van der Waals surface area contributed by atoms with E-state index >= 15 is 0 Å². The van der Waals surface area contributed by atoms with Crippen molar-refractivity contribution in [1.29, 1.82) is 0 Å². The molecule has 0 heterocycles. The summed E-state index contributed by atoms with van der Waals surface area (Å²) in [5.74, 6) is 0.996. The van der Waals surface area contributed by atoms with Crippen molar-refractivity contribution in [2.24, 2.45) is 5.92 Å². The quantitative estimate of drug-likeness (QED) is 0.789. The van der Waals surface area contributed by atoms with E-state index in [1.807, 2.05) is 0 Å². The lowest BCUT2D eigenvalue weighted by Crippen LogP contribution is -2.08.